The maximum absolute atomic E-state index is 13.3. The fourth-order valence-corrected chi connectivity index (χ4v) is 3.06. The van der Waals surface area contributed by atoms with E-state index in [0.29, 0.717) is 49.7 Å². The number of ether oxygens (including phenoxy) is 1. The van der Waals surface area contributed by atoms with E-state index in [2.05, 4.69) is 46.8 Å². The minimum Gasteiger partial charge on any atom is -0.378 e. The lowest BCUT2D eigenvalue weighted by molar-refractivity contribution is 0.122. The predicted octanol–water partition coefficient (Wildman–Crippen LogP) is 2.08. The second kappa shape index (κ2) is 9.31. The number of nitrogens with zero attached hydrogens (tertiary/aromatic N) is 7. The van der Waals surface area contributed by atoms with Crippen molar-refractivity contribution in [2.24, 2.45) is 0 Å². The Labute approximate surface area is 177 Å². The molecule has 0 amide bonds. The monoisotopic (exact) mass is 424 g/mol. The van der Waals surface area contributed by atoms with Gasteiger partial charge in [0.05, 0.1) is 43.6 Å². The summed E-state index contributed by atoms with van der Waals surface area (Å²) in [5.74, 6) is 1.15. The lowest BCUT2D eigenvalue weighted by Crippen LogP contribution is -2.37. The normalized spacial score (nSPS) is 14.7. The van der Waals surface area contributed by atoms with Crippen LogP contribution in [0, 0.1) is 24.1 Å². The van der Waals surface area contributed by atoms with Crippen molar-refractivity contribution >= 4 is 23.7 Å². The molecule has 3 N–H and O–H groups in total. The molecule has 0 bridgehead atoms. The minimum absolute atomic E-state index is 0.0958. The van der Waals surface area contributed by atoms with Gasteiger partial charge in [0.1, 0.15) is 5.82 Å². The first-order valence-electron chi connectivity index (χ1n) is 9.73. The molecule has 1 aliphatic heterocycles. The van der Waals surface area contributed by atoms with Gasteiger partial charge in [0.2, 0.25) is 17.8 Å². The largest absolute Gasteiger partial charge is 0.378 e. The van der Waals surface area contributed by atoms with Crippen LogP contribution in [-0.4, -0.2) is 56.4 Å². The summed E-state index contributed by atoms with van der Waals surface area (Å²) in [6.07, 6.45) is 1.21. The summed E-state index contributed by atoms with van der Waals surface area (Å²) >= 11 is 0. The number of aromatic nitrogens is 6. The molecule has 0 aliphatic carbocycles. The molecule has 0 radical (unpaired) electrons. The molecular formula is C19H21FN10O. The predicted molar refractivity (Wildman–Crippen MR) is 110 cm³/mol. The molecule has 3 aromatic heterocycles. The molecule has 160 valence electrons. The fourth-order valence-electron chi connectivity index (χ4n) is 3.06. The molecule has 0 spiro atoms. The lowest BCUT2D eigenvalue weighted by atomic mass is 10.1. The Morgan fingerprint density at radius 1 is 1.26 bits per heavy atom. The van der Waals surface area contributed by atoms with Crippen molar-refractivity contribution in [1.82, 2.24) is 30.1 Å². The molecule has 1 unspecified atom stereocenters. The van der Waals surface area contributed by atoms with Crippen LogP contribution in [0.4, 0.5) is 28.1 Å². The third-order valence-corrected chi connectivity index (χ3v) is 4.57. The van der Waals surface area contributed by atoms with Gasteiger partial charge in [-0.2, -0.15) is 25.3 Å². The van der Waals surface area contributed by atoms with Gasteiger partial charge in [0.15, 0.2) is 5.82 Å². The van der Waals surface area contributed by atoms with E-state index in [-0.39, 0.29) is 12.4 Å². The highest BCUT2D eigenvalue weighted by Gasteiger charge is 2.20. The zero-order valence-corrected chi connectivity index (χ0v) is 16.8. The number of nitrogens with one attached hydrogen (secondary N) is 3. The minimum atomic E-state index is -0.522. The van der Waals surface area contributed by atoms with Crippen LogP contribution < -0.4 is 15.5 Å². The standard InChI is InChI=1S/C19H21FN10O/c1-12-10-16(29-28-12)24-18-25-17(26-19(27-18)30-6-8-31-9-7-30)23-15(4-5-21)14-3-2-13(20)11-22-14/h2-3,10-11,15H,4,6-9H2,1H3,(H3,23,24,25,26,27,28,29). The molecule has 11 nitrogen and oxygen atoms in total. The van der Waals surface area contributed by atoms with Crippen LogP contribution in [0.25, 0.3) is 0 Å². The maximum Gasteiger partial charge on any atom is 0.235 e. The van der Waals surface area contributed by atoms with Crippen LogP contribution in [0.2, 0.25) is 0 Å². The van der Waals surface area contributed by atoms with E-state index in [1.807, 2.05) is 17.9 Å². The summed E-state index contributed by atoms with van der Waals surface area (Å²) in [5.41, 5.74) is 1.40. The third kappa shape index (κ3) is 5.20. The second-order valence-corrected chi connectivity index (χ2v) is 6.90. The Morgan fingerprint density at radius 3 is 2.74 bits per heavy atom. The van der Waals surface area contributed by atoms with E-state index < -0.39 is 11.9 Å². The van der Waals surface area contributed by atoms with Crippen molar-refractivity contribution < 1.29 is 9.13 Å². The molecule has 1 aliphatic rings. The lowest BCUT2D eigenvalue weighted by Gasteiger charge is -2.27. The highest BCUT2D eigenvalue weighted by molar-refractivity contribution is 5.52. The summed E-state index contributed by atoms with van der Waals surface area (Å²) < 4.78 is 18.7. The first-order chi connectivity index (χ1) is 15.1. The van der Waals surface area contributed by atoms with Crippen molar-refractivity contribution in [3.63, 3.8) is 0 Å². The number of H-pyrrole nitrogens is 1. The Hall–Kier alpha value is -3.85. The Bertz CT molecular complexity index is 1060. The van der Waals surface area contributed by atoms with Crippen molar-refractivity contribution in [2.45, 2.75) is 19.4 Å². The van der Waals surface area contributed by atoms with Gasteiger partial charge in [-0.3, -0.25) is 10.1 Å². The van der Waals surface area contributed by atoms with Gasteiger partial charge in [-0.25, -0.2) is 4.39 Å². The SMILES string of the molecule is Cc1cc(Nc2nc(NC(CC#N)c3ccc(F)cn3)nc(N3CCOCC3)n2)n[nH]1. The summed E-state index contributed by atoms with van der Waals surface area (Å²) in [7, 11) is 0. The summed E-state index contributed by atoms with van der Waals surface area (Å²) in [4.78, 5) is 19.5. The number of halogens is 1. The second-order valence-electron chi connectivity index (χ2n) is 6.90. The smallest absolute Gasteiger partial charge is 0.235 e. The highest BCUT2D eigenvalue weighted by atomic mass is 19.1. The van der Waals surface area contributed by atoms with E-state index >= 15 is 0 Å². The van der Waals surface area contributed by atoms with Crippen LogP contribution in [-0.2, 0) is 4.74 Å². The number of anilines is 4. The number of rotatable bonds is 7. The van der Waals surface area contributed by atoms with E-state index in [1.54, 1.807) is 0 Å². The van der Waals surface area contributed by atoms with Crippen molar-refractivity contribution in [1.29, 1.82) is 5.26 Å². The Morgan fingerprint density at radius 2 is 2.06 bits per heavy atom. The molecule has 0 aromatic carbocycles. The van der Waals surface area contributed by atoms with Gasteiger partial charge in [0.25, 0.3) is 0 Å². The highest BCUT2D eigenvalue weighted by Crippen LogP contribution is 2.23. The van der Waals surface area contributed by atoms with Gasteiger partial charge in [-0.1, -0.05) is 0 Å². The molecule has 1 fully saturated rings. The zero-order chi connectivity index (χ0) is 21.6. The first kappa shape index (κ1) is 20.4. The molecule has 0 saturated carbocycles. The van der Waals surface area contributed by atoms with Gasteiger partial charge in [0, 0.05) is 24.8 Å². The topological polar surface area (TPSA) is 141 Å². The average Bonchev–Trinajstić information content (AvgIpc) is 3.19. The van der Waals surface area contributed by atoms with E-state index in [4.69, 9.17) is 4.74 Å². The van der Waals surface area contributed by atoms with Crippen LogP contribution >= 0.6 is 0 Å². The summed E-state index contributed by atoms with van der Waals surface area (Å²) in [6.45, 7) is 4.33. The molecule has 1 atom stereocenters. The Kier molecular flexibility index (Phi) is 6.13. The van der Waals surface area contributed by atoms with Gasteiger partial charge < -0.3 is 20.3 Å². The Balaban J connectivity index is 1.64. The van der Waals surface area contributed by atoms with Gasteiger partial charge in [-0.15, -0.1) is 0 Å². The third-order valence-electron chi connectivity index (χ3n) is 4.57. The molecule has 4 rings (SSSR count). The van der Waals surface area contributed by atoms with Crippen LogP contribution in [0.15, 0.2) is 24.4 Å². The summed E-state index contributed by atoms with van der Waals surface area (Å²) in [5, 5.41) is 22.5. The zero-order valence-electron chi connectivity index (χ0n) is 16.8. The first-order valence-corrected chi connectivity index (χ1v) is 9.73. The molecular weight excluding hydrogens is 403 g/mol. The van der Waals surface area contributed by atoms with E-state index in [1.165, 1.54) is 12.1 Å². The number of pyridine rings is 1. The maximum atomic E-state index is 13.3. The number of hydrogen-bond acceptors (Lipinski definition) is 10. The van der Waals surface area contributed by atoms with Crippen LogP contribution in [0.3, 0.4) is 0 Å². The van der Waals surface area contributed by atoms with Crippen molar-refractivity contribution in [3.05, 3.63) is 41.6 Å². The van der Waals surface area contributed by atoms with Gasteiger partial charge in [-0.05, 0) is 19.1 Å². The molecule has 12 heteroatoms. The van der Waals surface area contributed by atoms with E-state index in [9.17, 15) is 9.65 Å². The van der Waals surface area contributed by atoms with Gasteiger partial charge >= 0.3 is 0 Å². The van der Waals surface area contributed by atoms with Crippen LogP contribution in [0.1, 0.15) is 23.9 Å². The number of nitriles is 1. The molecule has 4 heterocycles. The average molecular weight is 424 g/mol. The number of morpholine rings is 1. The fraction of sp³-hybridized carbons (Fsp3) is 0.368. The number of aromatic amines is 1. The molecule has 31 heavy (non-hydrogen) atoms. The molecule has 3 aromatic rings. The molecule has 1 saturated heterocycles. The van der Waals surface area contributed by atoms with E-state index in [0.717, 1.165) is 11.9 Å². The number of aryl methyl sites for hydroxylation is 1. The quantitative estimate of drug-likeness (QED) is 0.516. The van der Waals surface area contributed by atoms with Crippen LogP contribution in [0.5, 0.6) is 0 Å². The van der Waals surface area contributed by atoms with Crippen molar-refractivity contribution in [2.75, 3.05) is 41.8 Å². The number of hydrogen-bond donors (Lipinski definition) is 3. The van der Waals surface area contributed by atoms with Crippen molar-refractivity contribution in [3.8, 4) is 6.07 Å². The summed E-state index contributed by atoms with van der Waals surface area (Å²) in [6, 6.07) is 6.24.